The van der Waals surface area contributed by atoms with Crippen LogP contribution in [0.1, 0.15) is 42.0 Å². The van der Waals surface area contributed by atoms with Crippen LogP contribution in [0, 0.1) is 19.8 Å². The zero-order valence-electron chi connectivity index (χ0n) is 14.4. The van der Waals surface area contributed by atoms with Crippen LogP contribution >= 0.6 is 27.5 Å². The Labute approximate surface area is 156 Å². The van der Waals surface area contributed by atoms with Crippen molar-refractivity contribution in [2.45, 2.75) is 40.5 Å². The minimum Gasteiger partial charge on any atom is -0.482 e. The van der Waals surface area contributed by atoms with Gasteiger partial charge in [-0.05, 0) is 56.4 Å². The van der Waals surface area contributed by atoms with Gasteiger partial charge in [-0.1, -0.05) is 41.4 Å². The predicted octanol–water partition coefficient (Wildman–Crippen LogP) is 5.22. The highest BCUT2D eigenvalue weighted by molar-refractivity contribution is 9.10. The summed E-state index contributed by atoms with van der Waals surface area (Å²) in [7, 11) is 0. The van der Waals surface area contributed by atoms with Crippen LogP contribution in [0.15, 0.2) is 22.7 Å². The zero-order valence-corrected chi connectivity index (χ0v) is 16.7. The summed E-state index contributed by atoms with van der Waals surface area (Å²) in [4.78, 5) is 12.4. The Hall–Kier alpha value is -1.33. The van der Waals surface area contributed by atoms with Crippen molar-refractivity contribution in [2.75, 3.05) is 6.61 Å². The molecule has 6 heteroatoms. The van der Waals surface area contributed by atoms with Gasteiger partial charge in [-0.15, -0.1) is 0 Å². The van der Waals surface area contributed by atoms with E-state index in [0.29, 0.717) is 16.7 Å². The number of hydrogen-bond donors (Lipinski definition) is 0. The number of ether oxygens (including phenoxy) is 1. The summed E-state index contributed by atoms with van der Waals surface area (Å²) >= 11 is 9.44. The van der Waals surface area contributed by atoms with Gasteiger partial charge in [0.15, 0.2) is 6.61 Å². The lowest BCUT2D eigenvalue weighted by Gasteiger charge is -2.09. The smallest absolute Gasteiger partial charge is 0.284 e. The fraction of sp³-hybridized carbons (Fsp3) is 0.444. The van der Waals surface area contributed by atoms with Crippen LogP contribution in [0.25, 0.3) is 0 Å². The summed E-state index contributed by atoms with van der Waals surface area (Å²) in [5.74, 6) is 0.894. The highest BCUT2D eigenvalue weighted by atomic mass is 79.9. The maximum absolute atomic E-state index is 12.4. The van der Waals surface area contributed by atoms with Gasteiger partial charge < -0.3 is 4.74 Å². The molecule has 0 saturated heterocycles. The van der Waals surface area contributed by atoms with Crippen molar-refractivity contribution in [3.05, 3.63) is 44.6 Å². The molecule has 0 saturated carbocycles. The third kappa shape index (κ3) is 4.61. The Balaban J connectivity index is 2.08. The quantitative estimate of drug-likeness (QED) is 0.652. The molecule has 0 unspecified atom stereocenters. The Bertz CT molecular complexity index is 741. The van der Waals surface area contributed by atoms with Gasteiger partial charge >= 0.3 is 0 Å². The minimum atomic E-state index is -0.203. The predicted molar refractivity (Wildman–Crippen MR) is 100 cm³/mol. The highest BCUT2D eigenvalue weighted by Gasteiger charge is 2.17. The maximum Gasteiger partial charge on any atom is 0.284 e. The van der Waals surface area contributed by atoms with E-state index in [1.165, 1.54) is 4.68 Å². The third-order valence-corrected chi connectivity index (χ3v) is 4.68. The van der Waals surface area contributed by atoms with E-state index in [9.17, 15) is 4.79 Å². The number of carbonyl (C=O) groups is 1. The first-order valence-corrected chi connectivity index (χ1v) is 9.12. The first kappa shape index (κ1) is 19.0. The molecule has 0 radical (unpaired) electrons. The largest absolute Gasteiger partial charge is 0.482 e. The first-order valence-electron chi connectivity index (χ1n) is 7.95. The summed E-state index contributed by atoms with van der Waals surface area (Å²) in [6.07, 6.45) is 2.01. The van der Waals surface area contributed by atoms with Crippen LogP contribution < -0.4 is 4.74 Å². The molecule has 0 atom stereocenters. The molecule has 2 rings (SSSR count). The van der Waals surface area contributed by atoms with Crippen molar-refractivity contribution in [1.29, 1.82) is 0 Å². The molecule has 1 heterocycles. The summed E-state index contributed by atoms with van der Waals surface area (Å²) in [5, 5.41) is 4.84. The number of benzene rings is 1. The lowest BCUT2D eigenvalue weighted by atomic mass is 10.0. The van der Waals surface area contributed by atoms with Crippen LogP contribution in [-0.4, -0.2) is 22.3 Å². The number of halogens is 2. The van der Waals surface area contributed by atoms with Gasteiger partial charge in [0.2, 0.25) is 0 Å². The fourth-order valence-electron chi connectivity index (χ4n) is 2.51. The Morgan fingerprint density at radius 2 is 2.08 bits per heavy atom. The molecule has 0 aliphatic rings. The second-order valence-electron chi connectivity index (χ2n) is 6.25. The van der Waals surface area contributed by atoms with Gasteiger partial charge in [0.05, 0.1) is 10.7 Å². The number of nitrogens with zero attached hydrogens (tertiary/aromatic N) is 2. The normalized spacial score (nSPS) is 11.1. The number of hydrogen-bond acceptors (Lipinski definition) is 3. The molecule has 1 aromatic carbocycles. The molecular weight excluding hydrogens is 392 g/mol. The third-order valence-electron chi connectivity index (χ3n) is 3.89. The number of carbonyl (C=O) groups excluding carboxylic acids is 1. The van der Waals surface area contributed by atoms with E-state index in [1.807, 2.05) is 19.9 Å². The highest BCUT2D eigenvalue weighted by Crippen LogP contribution is 2.27. The maximum atomic E-state index is 12.4. The van der Waals surface area contributed by atoms with Crippen LogP contribution in [0.4, 0.5) is 0 Å². The first-order chi connectivity index (χ1) is 11.3. The van der Waals surface area contributed by atoms with Gasteiger partial charge in [-0.25, -0.2) is 4.68 Å². The molecule has 2 aromatic rings. The van der Waals surface area contributed by atoms with Crippen molar-refractivity contribution in [2.24, 2.45) is 5.92 Å². The van der Waals surface area contributed by atoms with Crippen LogP contribution in [0.5, 0.6) is 5.75 Å². The lowest BCUT2D eigenvalue weighted by molar-refractivity contribution is 0.0818. The topological polar surface area (TPSA) is 44.1 Å². The van der Waals surface area contributed by atoms with E-state index in [0.717, 1.165) is 34.3 Å². The molecule has 130 valence electrons. The second-order valence-corrected chi connectivity index (χ2v) is 7.57. The van der Waals surface area contributed by atoms with E-state index >= 15 is 0 Å². The van der Waals surface area contributed by atoms with Crippen LogP contribution in [0.3, 0.4) is 0 Å². The van der Waals surface area contributed by atoms with Gasteiger partial charge in [-0.3, -0.25) is 4.79 Å². The molecule has 0 spiro atoms. The molecule has 0 aliphatic carbocycles. The van der Waals surface area contributed by atoms with E-state index in [2.05, 4.69) is 34.9 Å². The molecule has 1 aromatic heterocycles. The summed E-state index contributed by atoms with van der Waals surface area (Å²) < 4.78 is 7.85. The van der Waals surface area contributed by atoms with Gasteiger partial charge in [0.1, 0.15) is 5.75 Å². The van der Waals surface area contributed by atoms with Crippen LogP contribution in [0.2, 0.25) is 5.02 Å². The molecule has 0 amide bonds. The number of aromatic nitrogens is 2. The Morgan fingerprint density at radius 1 is 1.38 bits per heavy atom. The van der Waals surface area contributed by atoms with E-state index in [4.69, 9.17) is 16.3 Å². The zero-order chi connectivity index (χ0) is 17.9. The van der Waals surface area contributed by atoms with Crippen molar-refractivity contribution < 1.29 is 9.53 Å². The Kier molecular flexibility index (Phi) is 6.47. The van der Waals surface area contributed by atoms with Crippen molar-refractivity contribution in [3.8, 4) is 5.75 Å². The van der Waals surface area contributed by atoms with Gasteiger partial charge in [0, 0.05) is 10.2 Å². The van der Waals surface area contributed by atoms with E-state index in [-0.39, 0.29) is 12.5 Å². The molecule has 0 aliphatic heterocycles. The lowest BCUT2D eigenvalue weighted by Crippen LogP contribution is -2.22. The average Bonchev–Trinajstić information content (AvgIpc) is 2.78. The van der Waals surface area contributed by atoms with Gasteiger partial charge in [-0.2, -0.15) is 5.10 Å². The standard InChI is InChI=1S/C18H22BrClN2O2/c1-11(2)5-7-15-12(3)21-22(13(15)4)18(23)10-24-17-8-6-14(19)9-16(17)20/h6,8-9,11H,5,7,10H2,1-4H3. The average molecular weight is 414 g/mol. The molecule has 4 nitrogen and oxygen atoms in total. The number of aryl methyl sites for hydroxylation is 1. The van der Waals surface area contributed by atoms with Gasteiger partial charge in [0.25, 0.3) is 5.91 Å². The van der Waals surface area contributed by atoms with Crippen molar-refractivity contribution >= 4 is 33.4 Å². The summed E-state index contributed by atoms with van der Waals surface area (Å²) in [6.45, 7) is 8.15. The molecule has 0 fully saturated rings. The molecule has 0 bridgehead atoms. The second kappa shape index (κ2) is 8.17. The van der Waals surface area contributed by atoms with Crippen molar-refractivity contribution in [1.82, 2.24) is 9.78 Å². The summed E-state index contributed by atoms with van der Waals surface area (Å²) in [6, 6.07) is 5.28. The fourth-order valence-corrected chi connectivity index (χ4v) is 3.23. The molecular formula is C18H22BrClN2O2. The monoisotopic (exact) mass is 412 g/mol. The van der Waals surface area contributed by atoms with Crippen molar-refractivity contribution in [3.63, 3.8) is 0 Å². The molecule has 24 heavy (non-hydrogen) atoms. The minimum absolute atomic E-state index is 0.104. The number of rotatable bonds is 6. The van der Waals surface area contributed by atoms with E-state index in [1.54, 1.807) is 12.1 Å². The summed E-state index contributed by atoms with van der Waals surface area (Å²) in [5.41, 5.74) is 2.95. The molecule has 0 N–H and O–H groups in total. The Morgan fingerprint density at radius 3 is 2.71 bits per heavy atom. The van der Waals surface area contributed by atoms with Crippen LogP contribution in [-0.2, 0) is 6.42 Å². The SMILES string of the molecule is Cc1nn(C(=O)COc2ccc(Br)cc2Cl)c(C)c1CCC(C)C. The van der Waals surface area contributed by atoms with E-state index < -0.39 is 0 Å².